The smallest absolute Gasteiger partial charge is 0.307 e. The van der Waals surface area contributed by atoms with Crippen molar-refractivity contribution in [3.63, 3.8) is 0 Å². The van der Waals surface area contributed by atoms with Crippen molar-refractivity contribution < 1.29 is 39.6 Å². The molecule has 8 nitrogen and oxygen atoms in total. The van der Waals surface area contributed by atoms with E-state index in [0.29, 0.717) is 0 Å². The van der Waals surface area contributed by atoms with Crippen LogP contribution < -0.4 is 0 Å². The maximum atomic E-state index is 10.2. The molecule has 0 spiro atoms. The Labute approximate surface area is 145 Å². The Morgan fingerprint density at radius 2 is 1.05 bits per heavy atom. The molecule has 3 atom stereocenters. The van der Waals surface area contributed by atoms with Crippen LogP contribution in [0.3, 0.4) is 0 Å². The van der Waals surface area contributed by atoms with E-state index in [9.17, 15) is 19.2 Å². The number of carbonyl (C=O) groups is 4. The minimum atomic E-state index is -1.08. The fourth-order valence-corrected chi connectivity index (χ4v) is 0.777. The van der Waals surface area contributed by atoms with E-state index < -0.39 is 41.6 Å². The molecule has 21 heavy (non-hydrogen) atoms. The van der Waals surface area contributed by atoms with E-state index in [1.54, 1.807) is 0 Å². The first-order valence-corrected chi connectivity index (χ1v) is 11.8. The van der Waals surface area contributed by atoms with Gasteiger partial charge in [-0.25, -0.2) is 0 Å². The van der Waals surface area contributed by atoms with Crippen molar-refractivity contribution in [3.8, 4) is 0 Å². The number of hydrogen-bond acceptors (Lipinski definition) is 4. The highest BCUT2D eigenvalue weighted by atomic mass is 128. The summed E-state index contributed by atoms with van der Waals surface area (Å²) < 4.78 is 0. The number of rotatable bonds is 6. The predicted molar refractivity (Wildman–Crippen MR) is 90.7 cm³/mol. The normalized spacial score (nSPS) is 13.2. The van der Waals surface area contributed by atoms with E-state index in [-0.39, 0.29) is 6.42 Å². The highest BCUT2D eigenvalue weighted by molar-refractivity contribution is 15.0. The first kappa shape index (κ1) is 25.3. The molecule has 0 aromatic heterocycles. The van der Waals surface area contributed by atoms with Gasteiger partial charge in [0.2, 0.25) is 0 Å². The Bertz CT molecular complexity index is 340. The number of carboxylic acid groups (broad SMARTS) is 4. The molecule has 0 saturated carbocycles. The summed E-state index contributed by atoms with van der Waals surface area (Å²) in [5, 5.41) is 32.9. The molecule has 0 saturated heterocycles. The van der Waals surface area contributed by atoms with Crippen molar-refractivity contribution in [2.75, 3.05) is 0 Å². The second kappa shape index (κ2) is 14.3. The average molecular weight is 532 g/mol. The van der Waals surface area contributed by atoms with E-state index in [0.717, 1.165) is 0 Å². The van der Waals surface area contributed by atoms with Gasteiger partial charge < -0.3 is 20.4 Å². The van der Waals surface area contributed by atoms with Gasteiger partial charge in [-0.05, 0) is 0 Å². The summed E-state index contributed by atoms with van der Waals surface area (Å²) in [6.07, 6.45) is -0.310. The zero-order valence-corrected chi connectivity index (χ0v) is 15.9. The van der Waals surface area contributed by atoms with E-state index in [1.165, 1.54) is 20.8 Å². The quantitative estimate of drug-likeness (QED) is 0.382. The van der Waals surface area contributed by atoms with Crippen LogP contribution in [0.5, 0.6) is 0 Å². The topological polar surface area (TPSA) is 149 Å². The fraction of sp³-hybridized carbons (Fsp3) is 0.636. The predicted octanol–water partition coefficient (Wildman–Crippen LogP) is 2.38. The monoisotopic (exact) mass is 532 g/mol. The molecule has 10 heteroatoms. The van der Waals surface area contributed by atoms with Gasteiger partial charge in [0.25, 0.3) is 0 Å². The lowest BCUT2D eigenvalue weighted by atomic mass is 9.97. The van der Waals surface area contributed by atoms with Crippen LogP contribution in [-0.2, 0) is 19.2 Å². The summed E-state index contributed by atoms with van der Waals surface area (Å²) in [7, 11) is 0. The number of aliphatic carboxylic acids is 4. The Balaban J connectivity index is -0.000000277. The van der Waals surface area contributed by atoms with Crippen LogP contribution >= 0.6 is 37.2 Å². The molecular formula is C11H18I2O8. The second-order valence-electron chi connectivity index (χ2n) is 4.09. The van der Waals surface area contributed by atoms with Crippen LogP contribution in [0.2, 0.25) is 0 Å². The van der Waals surface area contributed by atoms with Crippen molar-refractivity contribution in [3.05, 3.63) is 0 Å². The van der Waals surface area contributed by atoms with Crippen molar-refractivity contribution in [1.82, 2.24) is 0 Å². The van der Waals surface area contributed by atoms with Gasteiger partial charge in [-0.2, -0.15) is 0 Å². The van der Waals surface area contributed by atoms with E-state index in [2.05, 4.69) is 37.2 Å². The zero-order chi connectivity index (χ0) is 17.7. The highest BCUT2D eigenvalue weighted by Gasteiger charge is 2.24. The van der Waals surface area contributed by atoms with E-state index in [1.807, 2.05) is 0 Å². The molecule has 0 rings (SSSR count). The molecule has 0 radical (unpaired) electrons. The van der Waals surface area contributed by atoms with Crippen LogP contribution in [0.1, 0.15) is 27.2 Å². The van der Waals surface area contributed by atoms with Crippen molar-refractivity contribution in [1.29, 1.82) is 0 Å². The summed E-state index contributed by atoms with van der Waals surface area (Å²) in [5.41, 5.74) is 0. The molecule has 0 heterocycles. The van der Waals surface area contributed by atoms with Crippen LogP contribution in [0.4, 0.5) is 0 Å². The molecule has 0 aromatic carbocycles. The van der Waals surface area contributed by atoms with Gasteiger partial charge in [0.05, 0.1) is 24.2 Å². The third kappa shape index (κ3) is 15.5. The molecule has 0 aliphatic heterocycles. The molecule has 3 unspecified atom stereocenters. The van der Waals surface area contributed by atoms with Gasteiger partial charge >= 0.3 is 23.9 Å². The van der Waals surface area contributed by atoms with Gasteiger partial charge in [0, 0.05) is 37.2 Å². The van der Waals surface area contributed by atoms with Gasteiger partial charge in [-0.1, -0.05) is 20.8 Å². The maximum Gasteiger partial charge on any atom is 0.307 e. The Morgan fingerprint density at radius 3 is 1.14 bits per heavy atom. The van der Waals surface area contributed by atoms with Crippen molar-refractivity contribution in [2.45, 2.75) is 27.2 Å². The van der Waals surface area contributed by atoms with Gasteiger partial charge in [0.15, 0.2) is 0 Å². The van der Waals surface area contributed by atoms with Crippen LogP contribution in [0, 0.1) is 17.8 Å². The van der Waals surface area contributed by atoms with Crippen LogP contribution in [0.15, 0.2) is 0 Å². The third-order valence-corrected chi connectivity index (χ3v) is 2.43. The van der Waals surface area contributed by atoms with Crippen LogP contribution in [-0.4, -0.2) is 44.3 Å². The van der Waals surface area contributed by atoms with Gasteiger partial charge in [-0.3, -0.25) is 19.2 Å². The molecular weight excluding hydrogens is 514 g/mol. The summed E-state index contributed by atoms with van der Waals surface area (Å²) in [5.74, 6) is -6.73. The zero-order valence-electron chi connectivity index (χ0n) is 11.6. The Hall–Kier alpha value is -0.660. The SMILES string of the molecule is CC(C(=O)O)C(C)C(=O)O.CC(CC(=O)O)C(=O)O.II. The average Bonchev–Trinajstić information content (AvgIpc) is 2.38. The number of halogens is 2. The molecule has 0 bridgehead atoms. The Kier molecular flexibility index (Phi) is 17.2. The summed E-state index contributed by atoms with van der Waals surface area (Å²) in [6, 6.07) is 0. The molecule has 0 aliphatic rings. The first-order chi connectivity index (χ1) is 9.50. The Morgan fingerprint density at radius 1 is 0.762 bits per heavy atom. The van der Waals surface area contributed by atoms with Crippen molar-refractivity contribution >= 4 is 61.1 Å². The highest BCUT2D eigenvalue weighted by Crippen LogP contribution is 2.10. The molecule has 0 aliphatic carbocycles. The minimum absolute atomic E-state index is 0.310. The number of carboxylic acids is 4. The molecule has 4 N–H and O–H groups in total. The minimum Gasteiger partial charge on any atom is -0.481 e. The first-order valence-electron chi connectivity index (χ1n) is 5.55. The van der Waals surface area contributed by atoms with Crippen LogP contribution in [0.25, 0.3) is 0 Å². The van der Waals surface area contributed by atoms with Gasteiger partial charge in [-0.15, -0.1) is 0 Å². The standard InChI is InChI=1S/C6H10O4.C5H8O4.I2/c1-3(5(7)8)4(2)6(9)10;1-3(5(8)9)2-4(6)7;1-2/h3-4H,1-2H3,(H,7,8)(H,9,10);3H,2H2,1H3,(H,6,7)(H,8,9);. The van der Waals surface area contributed by atoms with Gasteiger partial charge in [0.1, 0.15) is 0 Å². The van der Waals surface area contributed by atoms with E-state index in [4.69, 9.17) is 20.4 Å². The lowest BCUT2D eigenvalue weighted by molar-refractivity contribution is -0.152. The maximum absolute atomic E-state index is 10.2. The second-order valence-corrected chi connectivity index (χ2v) is 4.09. The fourth-order valence-electron chi connectivity index (χ4n) is 0.777. The molecule has 0 fully saturated rings. The number of hydrogen-bond donors (Lipinski definition) is 4. The molecule has 0 amide bonds. The lowest BCUT2D eigenvalue weighted by Crippen LogP contribution is -2.24. The van der Waals surface area contributed by atoms with Crippen molar-refractivity contribution in [2.24, 2.45) is 17.8 Å². The molecule has 124 valence electrons. The molecule has 0 aromatic rings. The summed E-state index contributed by atoms with van der Waals surface area (Å²) in [4.78, 5) is 40.2. The van der Waals surface area contributed by atoms with E-state index >= 15 is 0 Å². The largest absolute Gasteiger partial charge is 0.481 e. The lowest BCUT2D eigenvalue weighted by Gasteiger charge is -2.09. The summed E-state index contributed by atoms with van der Waals surface area (Å²) >= 11 is 4.24. The third-order valence-electron chi connectivity index (χ3n) is 2.43. The summed E-state index contributed by atoms with van der Waals surface area (Å²) in [6.45, 7) is 4.11.